The molecule has 4 rings (SSSR count). The predicted molar refractivity (Wildman–Crippen MR) is 122 cm³/mol. The SMILES string of the molecule is CC1CCC2(CC1)NC(=O)N(NC(=O)c1ccc(Cl)c(S(=O)(=O)N3CCCCCC3)c1)C2=O. The molecule has 0 radical (unpaired) electrons. The Bertz CT molecular complexity index is 1060. The van der Waals surface area contributed by atoms with E-state index in [2.05, 4.69) is 17.7 Å². The van der Waals surface area contributed by atoms with Gasteiger partial charge in [0.2, 0.25) is 10.0 Å². The van der Waals surface area contributed by atoms with Crippen LogP contribution >= 0.6 is 11.6 Å². The van der Waals surface area contributed by atoms with E-state index in [4.69, 9.17) is 11.6 Å². The van der Waals surface area contributed by atoms with Gasteiger partial charge in [-0.2, -0.15) is 9.31 Å². The Kier molecular flexibility index (Phi) is 6.70. The summed E-state index contributed by atoms with van der Waals surface area (Å²) >= 11 is 6.21. The molecule has 2 saturated heterocycles. The summed E-state index contributed by atoms with van der Waals surface area (Å²) in [5.41, 5.74) is 1.35. The van der Waals surface area contributed by atoms with Crippen molar-refractivity contribution in [3.8, 4) is 0 Å². The second kappa shape index (κ2) is 9.23. The first-order chi connectivity index (χ1) is 15.6. The molecule has 3 aliphatic rings. The number of nitrogens with one attached hydrogen (secondary N) is 2. The van der Waals surface area contributed by atoms with Crippen LogP contribution in [0.1, 0.15) is 68.6 Å². The van der Waals surface area contributed by atoms with Crippen LogP contribution in [0.15, 0.2) is 23.1 Å². The number of urea groups is 1. The molecule has 1 spiro atoms. The van der Waals surface area contributed by atoms with Crippen LogP contribution < -0.4 is 10.7 Å². The maximum absolute atomic E-state index is 13.2. The largest absolute Gasteiger partial charge is 0.344 e. The quantitative estimate of drug-likeness (QED) is 0.621. The van der Waals surface area contributed by atoms with Crippen molar-refractivity contribution in [2.24, 2.45) is 5.92 Å². The zero-order valence-electron chi connectivity index (χ0n) is 18.6. The van der Waals surface area contributed by atoms with Crippen LogP contribution in [0.3, 0.4) is 0 Å². The number of hydrogen-bond donors (Lipinski definition) is 2. The van der Waals surface area contributed by atoms with Crippen molar-refractivity contribution in [2.45, 2.75) is 68.7 Å². The Morgan fingerprint density at radius 2 is 1.76 bits per heavy atom. The number of carbonyl (C=O) groups excluding carboxylic acids is 3. The van der Waals surface area contributed by atoms with E-state index in [1.54, 1.807) is 0 Å². The highest BCUT2D eigenvalue weighted by Crippen LogP contribution is 2.36. The molecule has 0 atom stereocenters. The van der Waals surface area contributed by atoms with E-state index < -0.39 is 33.4 Å². The minimum absolute atomic E-state index is 0.00777. The molecule has 33 heavy (non-hydrogen) atoms. The average Bonchev–Trinajstić information content (AvgIpc) is 2.99. The molecule has 1 aliphatic carbocycles. The molecule has 0 unspecified atom stereocenters. The number of halogens is 1. The van der Waals surface area contributed by atoms with E-state index in [-0.39, 0.29) is 15.5 Å². The molecule has 2 aliphatic heterocycles. The van der Waals surface area contributed by atoms with Crippen molar-refractivity contribution in [1.29, 1.82) is 0 Å². The molecule has 180 valence electrons. The summed E-state index contributed by atoms with van der Waals surface area (Å²) in [6.07, 6.45) is 6.12. The Morgan fingerprint density at radius 3 is 2.39 bits per heavy atom. The van der Waals surface area contributed by atoms with Crippen LogP contribution in [0.4, 0.5) is 4.79 Å². The first kappa shape index (κ1) is 24.0. The Labute approximate surface area is 198 Å². The number of imide groups is 1. The molecule has 2 heterocycles. The van der Waals surface area contributed by atoms with Gasteiger partial charge in [0, 0.05) is 18.7 Å². The van der Waals surface area contributed by atoms with Crippen molar-refractivity contribution in [3.63, 3.8) is 0 Å². The lowest BCUT2D eigenvalue weighted by Crippen LogP contribution is -2.51. The molecule has 2 N–H and O–H groups in total. The van der Waals surface area contributed by atoms with Gasteiger partial charge in [0.15, 0.2) is 0 Å². The van der Waals surface area contributed by atoms with Crippen molar-refractivity contribution in [3.05, 3.63) is 28.8 Å². The third-order valence-corrected chi connectivity index (χ3v) is 9.26. The minimum atomic E-state index is -3.89. The highest BCUT2D eigenvalue weighted by Gasteiger charge is 2.53. The summed E-state index contributed by atoms with van der Waals surface area (Å²) in [7, 11) is -3.89. The minimum Gasteiger partial charge on any atom is -0.322 e. The van der Waals surface area contributed by atoms with Gasteiger partial charge in [0.25, 0.3) is 11.8 Å². The predicted octanol–water partition coefficient (Wildman–Crippen LogP) is 3.05. The van der Waals surface area contributed by atoms with E-state index in [0.29, 0.717) is 36.9 Å². The number of hydrogen-bond acceptors (Lipinski definition) is 5. The van der Waals surface area contributed by atoms with Gasteiger partial charge in [-0.1, -0.05) is 31.4 Å². The van der Waals surface area contributed by atoms with E-state index >= 15 is 0 Å². The Morgan fingerprint density at radius 1 is 1.12 bits per heavy atom. The molecule has 9 nitrogen and oxygen atoms in total. The number of nitrogens with zero attached hydrogens (tertiary/aromatic N) is 2. The van der Waals surface area contributed by atoms with Crippen LogP contribution in [0, 0.1) is 5.92 Å². The zero-order chi connectivity index (χ0) is 23.8. The molecular formula is C22H29ClN4O5S. The summed E-state index contributed by atoms with van der Waals surface area (Å²) in [5.74, 6) is -0.773. The fourth-order valence-electron chi connectivity index (χ4n) is 4.75. The van der Waals surface area contributed by atoms with E-state index in [1.165, 1.54) is 22.5 Å². The highest BCUT2D eigenvalue weighted by molar-refractivity contribution is 7.89. The van der Waals surface area contributed by atoms with Crippen molar-refractivity contribution < 1.29 is 22.8 Å². The topological polar surface area (TPSA) is 116 Å². The van der Waals surface area contributed by atoms with Crippen LogP contribution in [0.25, 0.3) is 0 Å². The fourth-order valence-corrected chi connectivity index (χ4v) is 6.76. The molecule has 1 saturated carbocycles. The van der Waals surface area contributed by atoms with Crippen LogP contribution in [-0.2, 0) is 14.8 Å². The molecule has 0 aromatic heterocycles. The first-order valence-electron chi connectivity index (χ1n) is 11.4. The fraction of sp³-hybridized carbons (Fsp3) is 0.591. The number of rotatable bonds is 4. The number of benzene rings is 1. The summed E-state index contributed by atoms with van der Waals surface area (Å²) in [6, 6.07) is 3.23. The maximum atomic E-state index is 13.2. The number of hydrazine groups is 1. The summed E-state index contributed by atoms with van der Waals surface area (Å²) in [5, 5.41) is 3.46. The van der Waals surface area contributed by atoms with Gasteiger partial charge in [-0.3, -0.25) is 15.0 Å². The zero-order valence-corrected chi connectivity index (χ0v) is 20.2. The van der Waals surface area contributed by atoms with Crippen LogP contribution in [0.5, 0.6) is 0 Å². The maximum Gasteiger partial charge on any atom is 0.344 e. The van der Waals surface area contributed by atoms with Crippen molar-refractivity contribution >= 4 is 39.5 Å². The van der Waals surface area contributed by atoms with Gasteiger partial charge >= 0.3 is 6.03 Å². The molecule has 11 heteroatoms. The van der Waals surface area contributed by atoms with Crippen LogP contribution in [0.2, 0.25) is 5.02 Å². The first-order valence-corrected chi connectivity index (χ1v) is 13.2. The molecule has 1 aromatic carbocycles. The molecule has 3 fully saturated rings. The molecule has 1 aromatic rings. The molecular weight excluding hydrogens is 468 g/mol. The Balaban J connectivity index is 1.53. The van der Waals surface area contributed by atoms with Gasteiger partial charge in [-0.05, 0) is 62.6 Å². The third kappa shape index (κ3) is 4.61. The number of sulfonamides is 1. The second-order valence-electron chi connectivity index (χ2n) is 9.24. The lowest BCUT2D eigenvalue weighted by atomic mass is 9.77. The van der Waals surface area contributed by atoms with Gasteiger partial charge in [0.1, 0.15) is 10.4 Å². The normalized spacial score (nSPS) is 26.8. The monoisotopic (exact) mass is 496 g/mol. The summed E-state index contributed by atoms with van der Waals surface area (Å²) in [6.45, 7) is 2.90. The second-order valence-corrected chi connectivity index (χ2v) is 11.6. The summed E-state index contributed by atoms with van der Waals surface area (Å²) in [4.78, 5) is 38.2. The average molecular weight is 497 g/mol. The lowest BCUT2D eigenvalue weighted by Gasteiger charge is -2.33. The van der Waals surface area contributed by atoms with Gasteiger partial charge in [-0.15, -0.1) is 0 Å². The van der Waals surface area contributed by atoms with E-state index in [0.717, 1.165) is 38.5 Å². The molecule has 0 bridgehead atoms. The summed E-state index contributed by atoms with van der Waals surface area (Å²) < 4.78 is 27.8. The van der Waals surface area contributed by atoms with Crippen molar-refractivity contribution in [1.82, 2.24) is 20.1 Å². The van der Waals surface area contributed by atoms with E-state index in [1.807, 2.05) is 0 Å². The van der Waals surface area contributed by atoms with Crippen molar-refractivity contribution in [2.75, 3.05) is 13.1 Å². The Hall–Kier alpha value is -2.17. The lowest BCUT2D eigenvalue weighted by molar-refractivity contribution is -0.134. The third-order valence-electron chi connectivity index (χ3n) is 6.88. The standard InChI is InChI=1S/C22H29ClN4O5S/c1-15-8-10-22(11-9-15)20(29)27(21(30)24-22)25-19(28)16-6-7-17(23)18(14-16)33(31,32)26-12-4-2-3-5-13-26/h6-7,14-15H,2-5,8-13H2,1H3,(H,24,30)(H,25,28). The molecule has 4 amide bonds. The van der Waals surface area contributed by atoms with Gasteiger partial charge in [0.05, 0.1) is 5.02 Å². The van der Waals surface area contributed by atoms with Gasteiger partial charge < -0.3 is 5.32 Å². The number of carbonyl (C=O) groups is 3. The number of amides is 4. The highest BCUT2D eigenvalue weighted by atomic mass is 35.5. The van der Waals surface area contributed by atoms with Gasteiger partial charge in [-0.25, -0.2) is 13.2 Å². The van der Waals surface area contributed by atoms with E-state index in [9.17, 15) is 22.8 Å². The van der Waals surface area contributed by atoms with Crippen LogP contribution in [-0.4, -0.2) is 54.2 Å². The smallest absolute Gasteiger partial charge is 0.322 e.